The fourth-order valence-corrected chi connectivity index (χ4v) is 4.64. The smallest absolute Gasteiger partial charge is 0.233 e. The lowest BCUT2D eigenvalue weighted by Crippen LogP contribution is -2.37. The lowest BCUT2D eigenvalue weighted by atomic mass is 9.99. The summed E-state index contributed by atoms with van der Waals surface area (Å²) < 4.78 is 18.0. The van der Waals surface area contributed by atoms with Crippen molar-refractivity contribution < 1.29 is 19.0 Å². The molecular formula is C23H26N4O4S. The molecule has 0 radical (unpaired) electrons. The van der Waals surface area contributed by atoms with Crippen molar-refractivity contribution in [3.05, 3.63) is 59.4 Å². The monoisotopic (exact) mass is 454 g/mol. The van der Waals surface area contributed by atoms with Crippen LogP contribution in [0.4, 0.5) is 0 Å². The highest BCUT2D eigenvalue weighted by atomic mass is 32.2. The number of aromatic nitrogens is 3. The molecule has 1 aliphatic rings. The Morgan fingerprint density at radius 1 is 1.03 bits per heavy atom. The minimum atomic E-state index is 0.0614. The number of fused-ring (bicyclic) bond motifs is 1. The first-order chi connectivity index (χ1) is 15.6. The molecule has 8 nitrogen and oxygen atoms in total. The van der Waals surface area contributed by atoms with Crippen LogP contribution in [0, 0.1) is 0 Å². The van der Waals surface area contributed by atoms with Gasteiger partial charge in [0.05, 0.1) is 20.0 Å². The molecule has 9 heteroatoms. The molecule has 32 heavy (non-hydrogen) atoms. The standard InChI is InChI=1S/C23H26N4O4S/c1-29-14-21-24-25-23(27(21)18-7-5-4-6-8-18)32-15-22(28)26-10-9-16-11-19(30-2)20(31-3)12-17(16)13-26/h4-8,11-12H,9-10,13-15H2,1-3H3. The van der Waals surface area contributed by atoms with Gasteiger partial charge in [0, 0.05) is 25.9 Å². The summed E-state index contributed by atoms with van der Waals surface area (Å²) >= 11 is 1.38. The van der Waals surface area contributed by atoms with Crippen molar-refractivity contribution in [3.63, 3.8) is 0 Å². The number of carbonyl (C=O) groups is 1. The number of ether oxygens (including phenoxy) is 3. The first-order valence-corrected chi connectivity index (χ1v) is 11.3. The van der Waals surface area contributed by atoms with E-state index in [9.17, 15) is 4.79 Å². The Labute approximate surface area is 191 Å². The molecule has 2 aromatic carbocycles. The molecule has 4 rings (SSSR count). The largest absolute Gasteiger partial charge is 0.493 e. The van der Waals surface area contributed by atoms with Crippen LogP contribution in [0.5, 0.6) is 11.5 Å². The van der Waals surface area contributed by atoms with Crippen LogP contribution < -0.4 is 9.47 Å². The first-order valence-electron chi connectivity index (χ1n) is 10.3. The maximum Gasteiger partial charge on any atom is 0.233 e. The summed E-state index contributed by atoms with van der Waals surface area (Å²) in [4.78, 5) is 14.9. The number of para-hydroxylation sites is 1. The number of amides is 1. The fraction of sp³-hybridized carbons (Fsp3) is 0.348. The molecule has 1 aromatic heterocycles. The van der Waals surface area contributed by atoms with Gasteiger partial charge in [-0.25, -0.2) is 0 Å². The van der Waals surface area contributed by atoms with E-state index in [0.717, 1.165) is 17.7 Å². The van der Waals surface area contributed by atoms with E-state index in [1.807, 2.05) is 51.9 Å². The van der Waals surface area contributed by atoms with Crippen molar-refractivity contribution >= 4 is 17.7 Å². The summed E-state index contributed by atoms with van der Waals surface area (Å²) in [7, 11) is 4.87. The topological polar surface area (TPSA) is 78.7 Å². The van der Waals surface area contributed by atoms with Gasteiger partial charge in [-0.1, -0.05) is 30.0 Å². The predicted molar refractivity (Wildman–Crippen MR) is 121 cm³/mol. The average Bonchev–Trinajstić information content (AvgIpc) is 3.24. The van der Waals surface area contributed by atoms with Gasteiger partial charge < -0.3 is 19.1 Å². The van der Waals surface area contributed by atoms with Gasteiger partial charge in [-0.2, -0.15) is 0 Å². The van der Waals surface area contributed by atoms with E-state index in [2.05, 4.69) is 10.2 Å². The number of hydrogen-bond acceptors (Lipinski definition) is 7. The molecule has 0 saturated heterocycles. The number of nitrogens with zero attached hydrogens (tertiary/aromatic N) is 4. The van der Waals surface area contributed by atoms with E-state index < -0.39 is 0 Å². The Hall–Kier alpha value is -3.04. The van der Waals surface area contributed by atoms with Crippen LogP contribution >= 0.6 is 11.8 Å². The van der Waals surface area contributed by atoms with E-state index in [0.29, 0.717) is 42.2 Å². The average molecular weight is 455 g/mol. The van der Waals surface area contributed by atoms with Crippen LogP contribution in [0.2, 0.25) is 0 Å². The summed E-state index contributed by atoms with van der Waals surface area (Å²) in [6.07, 6.45) is 0.782. The lowest BCUT2D eigenvalue weighted by Gasteiger charge is -2.29. The van der Waals surface area contributed by atoms with Gasteiger partial charge in [-0.3, -0.25) is 9.36 Å². The molecule has 0 atom stereocenters. The van der Waals surface area contributed by atoms with Crippen molar-refractivity contribution in [2.75, 3.05) is 33.6 Å². The van der Waals surface area contributed by atoms with E-state index in [1.54, 1.807) is 21.3 Å². The molecule has 0 N–H and O–H groups in total. The Morgan fingerprint density at radius 3 is 2.44 bits per heavy atom. The zero-order chi connectivity index (χ0) is 22.5. The van der Waals surface area contributed by atoms with Crippen LogP contribution in [0.15, 0.2) is 47.6 Å². The Bertz CT molecular complexity index is 1090. The molecule has 1 amide bonds. The number of hydrogen-bond donors (Lipinski definition) is 0. The van der Waals surface area contributed by atoms with Gasteiger partial charge in [0.1, 0.15) is 6.61 Å². The molecule has 0 spiro atoms. The van der Waals surface area contributed by atoms with Gasteiger partial charge in [0.2, 0.25) is 5.91 Å². The van der Waals surface area contributed by atoms with Gasteiger partial charge in [0.15, 0.2) is 22.5 Å². The second kappa shape index (κ2) is 10.1. The Balaban J connectivity index is 1.47. The van der Waals surface area contributed by atoms with Crippen LogP contribution in [0.3, 0.4) is 0 Å². The number of benzene rings is 2. The summed E-state index contributed by atoms with van der Waals surface area (Å²) in [6.45, 7) is 1.56. The highest BCUT2D eigenvalue weighted by molar-refractivity contribution is 7.99. The number of thioether (sulfide) groups is 1. The van der Waals surface area contributed by atoms with Gasteiger partial charge in [-0.05, 0) is 41.8 Å². The third kappa shape index (κ3) is 4.58. The quantitative estimate of drug-likeness (QED) is 0.484. The minimum absolute atomic E-state index is 0.0614. The van der Waals surface area contributed by atoms with Crippen LogP contribution in [-0.2, 0) is 29.1 Å². The third-order valence-corrected chi connectivity index (χ3v) is 6.30. The Kier molecular flexibility index (Phi) is 6.96. The molecule has 0 fully saturated rings. The van der Waals surface area contributed by atoms with Gasteiger partial charge in [-0.15, -0.1) is 10.2 Å². The minimum Gasteiger partial charge on any atom is -0.493 e. The zero-order valence-corrected chi connectivity index (χ0v) is 19.2. The highest BCUT2D eigenvalue weighted by Crippen LogP contribution is 2.33. The molecular weight excluding hydrogens is 428 g/mol. The number of rotatable bonds is 8. The van der Waals surface area contributed by atoms with Gasteiger partial charge in [0.25, 0.3) is 0 Å². The van der Waals surface area contributed by atoms with Crippen LogP contribution in [-0.4, -0.2) is 59.2 Å². The van der Waals surface area contributed by atoms with Crippen molar-refractivity contribution in [2.24, 2.45) is 0 Å². The zero-order valence-electron chi connectivity index (χ0n) is 18.4. The van der Waals surface area contributed by atoms with Crippen molar-refractivity contribution in [1.82, 2.24) is 19.7 Å². The van der Waals surface area contributed by atoms with Gasteiger partial charge >= 0.3 is 0 Å². The summed E-state index contributed by atoms with van der Waals surface area (Å²) in [6, 6.07) is 13.8. The van der Waals surface area contributed by atoms with Crippen LogP contribution in [0.1, 0.15) is 17.0 Å². The lowest BCUT2D eigenvalue weighted by molar-refractivity contribution is -0.129. The number of methoxy groups -OCH3 is 3. The third-order valence-electron chi connectivity index (χ3n) is 5.38. The van der Waals surface area contributed by atoms with Crippen molar-refractivity contribution in [2.45, 2.75) is 24.7 Å². The van der Waals surface area contributed by atoms with E-state index in [4.69, 9.17) is 14.2 Å². The summed E-state index contributed by atoms with van der Waals surface area (Å²) in [5.74, 6) is 2.43. The molecule has 2 heterocycles. The highest BCUT2D eigenvalue weighted by Gasteiger charge is 2.24. The van der Waals surface area contributed by atoms with Crippen LogP contribution in [0.25, 0.3) is 5.69 Å². The normalized spacial score (nSPS) is 13.0. The molecule has 0 unspecified atom stereocenters. The maximum atomic E-state index is 13.0. The van der Waals surface area contributed by atoms with E-state index in [1.165, 1.54) is 17.3 Å². The maximum absolute atomic E-state index is 13.0. The molecule has 3 aromatic rings. The van der Waals surface area contributed by atoms with E-state index in [-0.39, 0.29) is 11.7 Å². The molecule has 1 aliphatic heterocycles. The van der Waals surface area contributed by atoms with Crippen molar-refractivity contribution in [1.29, 1.82) is 0 Å². The molecule has 0 aliphatic carbocycles. The summed E-state index contributed by atoms with van der Waals surface area (Å²) in [5, 5.41) is 9.22. The Morgan fingerprint density at radius 2 is 1.75 bits per heavy atom. The second-order valence-electron chi connectivity index (χ2n) is 7.33. The fourth-order valence-electron chi connectivity index (χ4n) is 3.77. The first kappa shape index (κ1) is 22.2. The second-order valence-corrected chi connectivity index (χ2v) is 8.28. The number of carbonyl (C=O) groups excluding carboxylic acids is 1. The molecule has 0 bridgehead atoms. The SMILES string of the molecule is COCc1nnc(SCC(=O)N2CCc3cc(OC)c(OC)cc3C2)n1-c1ccccc1. The molecule has 0 saturated carbocycles. The van der Waals surface area contributed by atoms with Crippen molar-refractivity contribution in [3.8, 4) is 17.2 Å². The summed E-state index contributed by atoms with van der Waals surface area (Å²) in [5.41, 5.74) is 3.21. The predicted octanol–water partition coefficient (Wildman–Crippen LogP) is 3.11. The molecule has 168 valence electrons. The van der Waals surface area contributed by atoms with E-state index >= 15 is 0 Å².